The van der Waals surface area contributed by atoms with Crippen LogP contribution in [-0.2, 0) is 4.79 Å². The number of hydrogen-bond acceptors (Lipinski definition) is 5. The van der Waals surface area contributed by atoms with Gasteiger partial charge in [0, 0.05) is 23.5 Å². The lowest BCUT2D eigenvalue weighted by molar-refractivity contribution is -0.111. The molecule has 2 N–H and O–H groups in total. The van der Waals surface area contributed by atoms with Gasteiger partial charge in [0.05, 0.1) is 13.3 Å². The van der Waals surface area contributed by atoms with Gasteiger partial charge in [0.2, 0.25) is 11.8 Å². The molecule has 3 rings (SSSR count). The Labute approximate surface area is 132 Å². The number of nitrogens with zero attached hydrogens (tertiary/aromatic N) is 3. The number of benzene rings is 1. The lowest BCUT2D eigenvalue weighted by Crippen LogP contribution is -2.07. The standard InChI is InChI=1S/C16H15N5O2/c1-3-15(22)19-12-6-4-5-11(9-12)18-14-10-16(23-2)20-13-7-8-17-21(13)14/h3-10,18H,1H2,2H3,(H,19,22). The van der Waals surface area contributed by atoms with Crippen molar-refractivity contribution in [3.8, 4) is 5.88 Å². The van der Waals surface area contributed by atoms with Gasteiger partial charge in [-0.15, -0.1) is 0 Å². The van der Waals surface area contributed by atoms with E-state index in [1.165, 1.54) is 6.08 Å². The van der Waals surface area contributed by atoms with Crippen molar-refractivity contribution in [1.29, 1.82) is 0 Å². The molecular weight excluding hydrogens is 294 g/mol. The summed E-state index contributed by atoms with van der Waals surface area (Å²) in [5, 5.41) is 10.2. The van der Waals surface area contributed by atoms with Crippen molar-refractivity contribution < 1.29 is 9.53 Å². The summed E-state index contributed by atoms with van der Waals surface area (Å²) in [6.45, 7) is 3.43. The number of aromatic nitrogens is 3. The van der Waals surface area contributed by atoms with E-state index in [0.717, 1.165) is 5.69 Å². The highest BCUT2D eigenvalue weighted by atomic mass is 16.5. The second-order valence-electron chi connectivity index (χ2n) is 4.68. The molecule has 7 nitrogen and oxygen atoms in total. The van der Waals surface area contributed by atoms with Gasteiger partial charge in [-0.2, -0.15) is 14.6 Å². The summed E-state index contributed by atoms with van der Waals surface area (Å²) in [6, 6.07) is 10.8. The number of carbonyl (C=O) groups excluding carboxylic acids is 1. The second-order valence-corrected chi connectivity index (χ2v) is 4.68. The zero-order valence-corrected chi connectivity index (χ0v) is 12.5. The average Bonchev–Trinajstić information content (AvgIpc) is 3.03. The number of methoxy groups -OCH3 is 1. The first kappa shape index (κ1) is 14.6. The SMILES string of the molecule is C=CC(=O)Nc1cccc(Nc2cc(OC)nc3ccnn23)c1. The van der Waals surface area contributed by atoms with Gasteiger partial charge in [0.25, 0.3) is 0 Å². The van der Waals surface area contributed by atoms with Gasteiger partial charge in [-0.25, -0.2) is 0 Å². The highest BCUT2D eigenvalue weighted by molar-refractivity contribution is 5.99. The summed E-state index contributed by atoms with van der Waals surface area (Å²) >= 11 is 0. The molecule has 7 heteroatoms. The lowest BCUT2D eigenvalue weighted by Gasteiger charge is -2.11. The molecule has 0 aliphatic rings. The molecule has 116 valence electrons. The van der Waals surface area contributed by atoms with E-state index in [1.54, 1.807) is 36.0 Å². The first-order chi connectivity index (χ1) is 11.2. The zero-order valence-electron chi connectivity index (χ0n) is 12.5. The number of nitrogens with one attached hydrogen (secondary N) is 2. The van der Waals surface area contributed by atoms with E-state index in [9.17, 15) is 4.79 Å². The molecule has 0 fully saturated rings. The number of anilines is 3. The topological polar surface area (TPSA) is 80.5 Å². The molecule has 0 radical (unpaired) electrons. The molecule has 0 saturated carbocycles. The molecule has 0 spiro atoms. The van der Waals surface area contributed by atoms with E-state index < -0.39 is 0 Å². The van der Waals surface area contributed by atoms with Crippen molar-refractivity contribution in [2.75, 3.05) is 17.7 Å². The fraction of sp³-hybridized carbons (Fsp3) is 0.0625. The van der Waals surface area contributed by atoms with Crippen LogP contribution in [0.5, 0.6) is 5.88 Å². The third kappa shape index (κ3) is 3.13. The highest BCUT2D eigenvalue weighted by Gasteiger charge is 2.07. The quantitative estimate of drug-likeness (QED) is 0.708. The first-order valence-corrected chi connectivity index (χ1v) is 6.89. The van der Waals surface area contributed by atoms with Gasteiger partial charge >= 0.3 is 0 Å². The maximum atomic E-state index is 11.4. The molecular formula is C16H15N5O2. The Kier molecular flexibility index (Phi) is 3.92. The van der Waals surface area contributed by atoms with Crippen molar-refractivity contribution in [3.63, 3.8) is 0 Å². The number of amides is 1. The van der Waals surface area contributed by atoms with Crippen molar-refractivity contribution >= 4 is 28.7 Å². The molecule has 3 aromatic rings. The minimum absolute atomic E-state index is 0.262. The van der Waals surface area contributed by atoms with E-state index in [2.05, 4.69) is 27.3 Å². The van der Waals surface area contributed by atoms with Crippen LogP contribution in [0.3, 0.4) is 0 Å². The predicted molar refractivity (Wildman–Crippen MR) is 88.1 cm³/mol. The molecule has 1 aromatic carbocycles. The van der Waals surface area contributed by atoms with Gasteiger partial charge < -0.3 is 15.4 Å². The fourth-order valence-corrected chi connectivity index (χ4v) is 2.10. The summed E-state index contributed by atoms with van der Waals surface area (Å²) in [5.74, 6) is 0.919. The van der Waals surface area contributed by atoms with Crippen LogP contribution in [0.2, 0.25) is 0 Å². The Bertz CT molecular complexity index is 872. The van der Waals surface area contributed by atoms with Crippen molar-refractivity contribution in [1.82, 2.24) is 14.6 Å². The highest BCUT2D eigenvalue weighted by Crippen LogP contribution is 2.23. The second kappa shape index (κ2) is 6.18. The third-order valence-electron chi connectivity index (χ3n) is 3.13. The Morgan fingerprint density at radius 3 is 2.91 bits per heavy atom. The molecule has 0 unspecified atom stereocenters. The van der Waals surface area contributed by atoms with Gasteiger partial charge in [0.15, 0.2) is 5.65 Å². The summed E-state index contributed by atoms with van der Waals surface area (Å²) in [5.41, 5.74) is 2.12. The Morgan fingerprint density at radius 2 is 2.13 bits per heavy atom. The number of rotatable bonds is 5. The molecule has 23 heavy (non-hydrogen) atoms. The minimum Gasteiger partial charge on any atom is -0.481 e. The van der Waals surface area contributed by atoms with E-state index in [4.69, 9.17) is 4.74 Å². The van der Waals surface area contributed by atoms with Gasteiger partial charge in [-0.3, -0.25) is 4.79 Å². The van der Waals surface area contributed by atoms with E-state index in [0.29, 0.717) is 23.0 Å². The Balaban J connectivity index is 1.92. The summed E-state index contributed by atoms with van der Waals surface area (Å²) in [4.78, 5) is 15.7. The van der Waals surface area contributed by atoms with Crippen LogP contribution in [0.1, 0.15) is 0 Å². The molecule has 1 amide bonds. The van der Waals surface area contributed by atoms with Gasteiger partial charge in [0.1, 0.15) is 5.82 Å². The van der Waals surface area contributed by atoms with Gasteiger partial charge in [-0.05, 0) is 24.3 Å². The molecule has 0 aliphatic heterocycles. The molecule has 0 aliphatic carbocycles. The Morgan fingerprint density at radius 1 is 1.30 bits per heavy atom. The number of ether oxygens (including phenoxy) is 1. The maximum Gasteiger partial charge on any atom is 0.247 e. The van der Waals surface area contributed by atoms with E-state index in [-0.39, 0.29) is 5.91 Å². The summed E-state index contributed by atoms with van der Waals surface area (Å²) < 4.78 is 6.86. The summed E-state index contributed by atoms with van der Waals surface area (Å²) in [6.07, 6.45) is 2.88. The van der Waals surface area contributed by atoms with Crippen molar-refractivity contribution in [2.45, 2.75) is 0 Å². The maximum absolute atomic E-state index is 11.4. The summed E-state index contributed by atoms with van der Waals surface area (Å²) in [7, 11) is 1.56. The minimum atomic E-state index is -0.262. The zero-order chi connectivity index (χ0) is 16.2. The smallest absolute Gasteiger partial charge is 0.247 e. The van der Waals surface area contributed by atoms with Gasteiger partial charge in [-0.1, -0.05) is 12.6 Å². The largest absolute Gasteiger partial charge is 0.481 e. The lowest BCUT2D eigenvalue weighted by atomic mass is 10.2. The van der Waals surface area contributed by atoms with Crippen molar-refractivity contribution in [2.24, 2.45) is 0 Å². The van der Waals surface area contributed by atoms with Crippen LogP contribution >= 0.6 is 0 Å². The number of hydrogen-bond donors (Lipinski definition) is 2. The predicted octanol–water partition coefficient (Wildman–Crippen LogP) is 2.61. The first-order valence-electron chi connectivity index (χ1n) is 6.89. The normalized spacial score (nSPS) is 10.3. The van der Waals surface area contributed by atoms with Crippen LogP contribution in [-0.4, -0.2) is 27.6 Å². The Hall–Kier alpha value is -3.35. The molecule has 2 aromatic heterocycles. The monoisotopic (exact) mass is 309 g/mol. The number of fused-ring (bicyclic) bond motifs is 1. The van der Waals surface area contributed by atoms with Crippen LogP contribution in [0.4, 0.5) is 17.2 Å². The molecule has 0 bridgehead atoms. The third-order valence-corrected chi connectivity index (χ3v) is 3.13. The molecule has 2 heterocycles. The van der Waals surface area contributed by atoms with Crippen LogP contribution in [0, 0.1) is 0 Å². The van der Waals surface area contributed by atoms with Crippen molar-refractivity contribution in [3.05, 3.63) is 55.3 Å². The van der Waals surface area contributed by atoms with Crippen LogP contribution < -0.4 is 15.4 Å². The van der Waals surface area contributed by atoms with E-state index in [1.807, 2.05) is 18.2 Å². The molecule has 0 saturated heterocycles. The average molecular weight is 309 g/mol. The fourth-order valence-electron chi connectivity index (χ4n) is 2.10. The van der Waals surface area contributed by atoms with Crippen LogP contribution in [0.25, 0.3) is 5.65 Å². The number of carbonyl (C=O) groups is 1. The van der Waals surface area contributed by atoms with E-state index >= 15 is 0 Å². The molecule has 0 atom stereocenters. The van der Waals surface area contributed by atoms with Crippen LogP contribution in [0.15, 0.2) is 55.3 Å².